The molecule has 12 heavy (non-hydrogen) atoms. The van der Waals surface area contributed by atoms with Crippen LogP contribution >= 0.6 is 0 Å². The van der Waals surface area contributed by atoms with Gasteiger partial charge in [0.15, 0.2) is 0 Å². The number of ether oxygens (including phenoxy) is 1. The Labute approximate surface area is 73.5 Å². The van der Waals surface area contributed by atoms with Gasteiger partial charge in [-0.15, -0.1) is 0 Å². The van der Waals surface area contributed by atoms with Gasteiger partial charge in [0.1, 0.15) is 0 Å². The van der Waals surface area contributed by atoms with E-state index in [9.17, 15) is 0 Å². The summed E-state index contributed by atoms with van der Waals surface area (Å²) in [6, 6.07) is 0.327. The SMILES string of the molecule is CC(CCO)NCCOCCO. The third kappa shape index (κ3) is 7.94. The molecule has 0 heterocycles. The van der Waals surface area contributed by atoms with Gasteiger partial charge < -0.3 is 20.3 Å². The Morgan fingerprint density at radius 1 is 1.25 bits per heavy atom. The van der Waals surface area contributed by atoms with Gasteiger partial charge in [-0.2, -0.15) is 0 Å². The molecule has 0 aliphatic carbocycles. The number of aliphatic hydroxyl groups is 2. The summed E-state index contributed by atoms with van der Waals surface area (Å²) in [6.45, 7) is 4.08. The van der Waals surface area contributed by atoms with E-state index in [1.54, 1.807) is 0 Å². The Morgan fingerprint density at radius 3 is 2.58 bits per heavy atom. The number of hydrogen-bond donors (Lipinski definition) is 3. The summed E-state index contributed by atoms with van der Waals surface area (Å²) in [5.74, 6) is 0. The molecule has 4 nitrogen and oxygen atoms in total. The van der Waals surface area contributed by atoms with E-state index < -0.39 is 0 Å². The Bertz CT molecular complexity index is 90.4. The molecule has 0 radical (unpaired) electrons. The first-order chi connectivity index (χ1) is 5.81. The van der Waals surface area contributed by atoms with Crippen molar-refractivity contribution >= 4 is 0 Å². The lowest BCUT2D eigenvalue weighted by Gasteiger charge is -2.11. The largest absolute Gasteiger partial charge is 0.396 e. The van der Waals surface area contributed by atoms with Gasteiger partial charge in [-0.05, 0) is 13.3 Å². The molecule has 0 aromatic rings. The Kier molecular flexibility index (Phi) is 8.81. The second-order valence-corrected chi connectivity index (χ2v) is 2.70. The summed E-state index contributed by atoms with van der Waals surface area (Å²) in [6.07, 6.45) is 0.764. The maximum Gasteiger partial charge on any atom is 0.0698 e. The quantitative estimate of drug-likeness (QED) is 0.431. The lowest BCUT2D eigenvalue weighted by molar-refractivity contribution is 0.0923. The molecule has 0 aliphatic heterocycles. The molecule has 0 aromatic carbocycles. The van der Waals surface area contributed by atoms with Crippen molar-refractivity contribution in [1.82, 2.24) is 5.32 Å². The zero-order chi connectivity index (χ0) is 9.23. The van der Waals surface area contributed by atoms with E-state index in [2.05, 4.69) is 5.32 Å². The fourth-order valence-electron chi connectivity index (χ4n) is 0.840. The molecule has 0 saturated carbocycles. The van der Waals surface area contributed by atoms with E-state index in [-0.39, 0.29) is 13.2 Å². The Hall–Kier alpha value is -0.160. The predicted molar refractivity (Wildman–Crippen MR) is 47.1 cm³/mol. The van der Waals surface area contributed by atoms with E-state index >= 15 is 0 Å². The Balaban J connectivity index is 2.97. The second-order valence-electron chi connectivity index (χ2n) is 2.70. The highest BCUT2D eigenvalue weighted by atomic mass is 16.5. The number of nitrogens with one attached hydrogen (secondary N) is 1. The monoisotopic (exact) mass is 177 g/mol. The van der Waals surface area contributed by atoms with Crippen LogP contribution in [0.3, 0.4) is 0 Å². The van der Waals surface area contributed by atoms with Gasteiger partial charge >= 0.3 is 0 Å². The first kappa shape index (κ1) is 11.8. The topological polar surface area (TPSA) is 61.7 Å². The van der Waals surface area contributed by atoms with Gasteiger partial charge in [-0.25, -0.2) is 0 Å². The van der Waals surface area contributed by atoms with Crippen LogP contribution in [0, 0.1) is 0 Å². The fourth-order valence-corrected chi connectivity index (χ4v) is 0.840. The normalized spacial score (nSPS) is 13.2. The highest BCUT2D eigenvalue weighted by Crippen LogP contribution is 1.86. The van der Waals surface area contributed by atoms with Crippen molar-refractivity contribution in [2.75, 3.05) is 33.0 Å². The average Bonchev–Trinajstić information content (AvgIpc) is 2.05. The first-order valence-electron chi connectivity index (χ1n) is 4.34. The molecule has 1 atom stereocenters. The standard InChI is InChI=1S/C8H19NO3/c1-8(2-4-10)9-3-6-12-7-5-11/h8-11H,2-7H2,1H3. The lowest BCUT2D eigenvalue weighted by Crippen LogP contribution is -2.30. The van der Waals surface area contributed by atoms with E-state index in [4.69, 9.17) is 14.9 Å². The van der Waals surface area contributed by atoms with E-state index in [1.165, 1.54) is 0 Å². The summed E-state index contributed by atoms with van der Waals surface area (Å²) in [5, 5.41) is 20.1. The minimum atomic E-state index is 0.0756. The van der Waals surface area contributed by atoms with Crippen molar-refractivity contribution in [3.05, 3.63) is 0 Å². The summed E-state index contributed by atoms with van der Waals surface area (Å²) in [4.78, 5) is 0. The molecular formula is C8H19NO3. The smallest absolute Gasteiger partial charge is 0.0698 e. The van der Waals surface area contributed by atoms with Crippen molar-refractivity contribution in [3.8, 4) is 0 Å². The number of rotatable bonds is 8. The minimum absolute atomic E-state index is 0.0756. The van der Waals surface area contributed by atoms with Crippen LogP contribution in [-0.4, -0.2) is 49.2 Å². The predicted octanol–water partition coefficient (Wildman–Crippen LogP) is -0.644. The van der Waals surface area contributed by atoms with Crippen LogP contribution in [0.5, 0.6) is 0 Å². The van der Waals surface area contributed by atoms with E-state index in [0.717, 1.165) is 13.0 Å². The highest BCUT2D eigenvalue weighted by Gasteiger charge is 1.97. The zero-order valence-electron chi connectivity index (χ0n) is 7.62. The van der Waals surface area contributed by atoms with Gasteiger partial charge in [0, 0.05) is 19.2 Å². The molecule has 4 heteroatoms. The fraction of sp³-hybridized carbons (Fsp3) is 1.00. The van der Waals surface area contributed by atoms with Gasteiger partial charge in [-0.3, -0.25) is 0 Å². The van der Waals surface area contributed by atoms with Crippen molar-refractivity contribution < 1.29 is 14.9 Å². The van der Waals surface area contributed by atoms with Crippen LogP contribution < -0.4 is 5.32 Å². The van der Waals surface area contributed by atoms with Crippen LogP contribution in [-0.2, 0) is 4.74 Å². The molecular weight excluding hydrogens is 158 g/mol. The zero-order valence-corrected chi connectivity index (χ0v) is 7.62. The molecule has 0 aromatic heterocycles. The number of hydrogen-bond acceptors (Lipinski definition) is 4. The van der Waals surface area contributed by atoms with E-state index in [0.29, 0.717) is 19.3 Å². The number of aliphatic hydroxyl groups excluding tert-OH is 2. The maximum absolute atomic E-state index is 8.57. The molecule has 0 saturated heterocycles. The van der Waals surface area contributed by atoms with Crippen LogP contribution in [0.4, 0.5) is 0 Å². The first-order valence-corrected chi connectivity index (χ1v) is 4.34. The van der Waals surface area contributed by atoms with Crippen molar-refractivity contribution in [1.29, 1.82) is 0 Å². The van der Waals surface area contributed by atoms with Gasteiger partial charge in [0.2, 0.25) is 0 Å². The molecule has 0 spiro atoms. The van der Waals surface area contributed by atoms with E-state index in [1.807, 2.05) is 6.92 Å². The molecule has 74 valence electrons. The van der Waals surface area contributed by atoms with Crippen LogP contribution in [0.2, 0.25) is 0 Å². The average molecular weight is 177 g/mol. The van der Waals surface area contributed by atoms with Crippen molar-refractivity contribution in [3.63, 3.8) is 0 Å². The molecule has 0 amide bonds. The summed E-state index contributed by atoms with van der Waals surface area (Å²) < 4.78 is 5.04. The van der Waals surface area contributed by atoms with Crippen molar-refractivity contribution in [2.24, 2.45) is 0 Å². The highest BCUT2D eigenvalue weighted by molar-refractivity contribution is 4.58. The summed E-state index contributed by atoms with van der Waals surface area (Å²) in [7, 11) is 0. The van der Waals surface area contributed by atoms with Crippen LogP contribution in [0.15, 0.2) is 0 Å². The second kappa shape index (κ2) is 8.93. The summed E-state index contributed by atoms with van der Waals surface area (Å²) in [5.41, 5.74) is 0. The molecule has 0 aliphatic rings. The molecule has 0 bridgehead atoms. The molecule has 1 unspecified atom stereocenters. The van der Waals surface area contributed by atoms with Crippen molar-refractivity contribution in [2.45, 2.75) is 19.4 Å². The van der Waals surface area contributed by atoms with Crippen LogP contribution in [0.1, 0.15) is 13.3 Å². The molecule has 3 N–H and O–H groups in total. The molecule has 0 fully saturated rings. The lowest BCUT2D eigenvalue weighted by atomic mass is 10.2. The Morgan fingerprint density at radius 2 is 2.00 bits per heavy atom. The third-order valence-corrected chi connectivity index (χ3v) is 1.54. The maximum atomic E-state index is 8.57. The van der Waals surface area contributed by atoms with Crippen LogP contribution in [0.25, 0.3) is 0 Å². The molecule has 0 rings (SSSR count). The third-order valence-electron chi connectivity index (χ3n) is 1.54. The summed E-state index contributed by atoms with van der Waals surface area (Å²) >= 11 is 0. The van der Waals surface area contributed by atoms with Gasteiger partial charge in [0.05, 0.1) is 19.8 Å². The minimum Gasteiger partial charge on any atom is -0.396 e. The van der Waals surface area contributed by atoms with Gasteiger partial charge in [-0.1, -0.05) is 0 Å². The van der Waals surface area contributed by atoms with Gasteiger partial charge in [0.25, 0.3) is 0 Å².